The number of benzene rings is 1. The first-order valence-electron chi connectivity index (χ1n) is 8.47. The van der Waals surface area contributed by atoms with Crippen molar-refractivity contribution in [2.45, 2.75) is 32.1 Å². The molecule has 0 spiro atoms. The van der Waals surface area contributed by atoms with Gasteiger partial charge in [0.2, 0.25) is 23.5 Å². The smallest absolute Gasteiger partial charge is 0.306 e. The van der Waals surface area contributed by atoms with Crippen LogP contribution in [0, 0.1) is 27.8 Å². The van der Waals surface area contributed by atoms with Crippen LogP contribution in [0.3, 0.4) is 0 Å². The van der Waals surface area contributed by atoms with Gasteiger partial charge in [-0.15, -0.1) is 0 Å². The number of nitrogens with zero attached hydrogens (tertiary/aromatic N) is 2. The molecule has 0 radical (unpaired) electrons. The van der Waals surface area contributed by atoms with Gasteiger partial charge in [-0.05, 0) is 25.0 Å². The number of likely N-dealkylation sites (tertiary alicyclic amines) is 1. The number of nitrogens with one attached hydrogen (secondary N) is 1. The minimum atomic E-state index is -0.996. The normalized spacial score (nSPS) is 22.3. The van der Waals surface area contributed by atoms with E-state index in [2.05, 4.69) is 5.32 Å². The lowest BCUT2D eigenvalue weighted by atomic mass is 9.81. The first-order valence-corrected chi connectivity index (χ1v) is 8.47. The second-order valence-corrected chi connectivity index (χ2v) is 6.55. The van der Waals surface area contributed by atoms with E-state index < -0.39 is 22.3 Å². The number of carbonyl (C=O) groups is 3. The molecule has 1 aromatic rings. The maximum Gasteiger partial charge on any atom is 0.306 e. The number of fused-ring (bicyclic) bond motifs is 1. The van der Waals surface area contributed by atoms with E-state index in [1.807, 2.05) is 0 Å². The molecule has 8 nitrogen and oxygen atoms in total. The zero-order valence-electron chi connectivity index (χ0n) is 13.9. The first-order chi connectivity index (χ1) is 12.4. The van der Waals surface area contributed by atoms with Crippen LogP contribution in [0.4, 0.5) is 15.8 Å². The van der Waals surface area contributed by atoms with Crippen LogP contribution in [-0.4, -0.2) is 34.1 Å². The molecule has 1 saturated heterocycles. The minimum absolute atomic E-state index is 0.0280. The van der Waals surface area contributed by atoms with Crippen molar-refractivity contribution in [1.82, 2.24) is 4.90 Å². The summed E-state index contributed by atoms with van der Waals surface area (Å²) in [6.45, 7) is -0.0280. The Bertz CT molecular complexity index is 758. The summed E-state index contributed by atoms with van der Waals surface area (Å²) in [7, 11) is 0. The third-order valence-electron chi connectivity index (χ3n) is 4.92. The molecule has 1 saturated carbocycles. The van der Waals surface area contributed by atoms with Gasteiger partial charge in [-0.1, -0.05) is 12.8 Å². The molecule has 0 bridgehead atoms. The zero-order chi connectivity index (χ0) is 18.8. The molecule has 9 heteroatoms. The third-order valence-corrected chi connectivity index (χ3v) is 4.92. The van der Waals surface area contributed by atoms with E-state index in [4.69, 9.17) is 0 Å². The Balaban J connectivity index is 1.59. The minimum Gasteiger partial charge on any atom is -0.326 e. The monoisotopic (exact) mass is 363 g/mol. The Labute approximate surface area is 148 Å². The Morgan fingerprint density at radius 1 is 1.23 bits per heavy atom. The predicted molar refractivity (Wildman–Crippen MR) is 88.5 cm³/mol. The number of amides is 3. The van der Waals surface area contributed by atoms with E-state index in [0.717, 1.165) is 29.9 Å². The molecule has 2 unspecified atom stereocenters. The van der Waals surface area contributed by atoms with Gasteiger partial charge < -0.3 is 5.32 Å². The van der Waals surface area contributed by atoms with Crippen LogP contribution in [-0.2, 0) is 14.4 Å². The van der Waals surface area contributed by atoms with E-state index >= 15 is 0 Å². The maximum atomic E-state index is 13.3. The van der Waals surface area contributed by atoms with Crippen molar-refractivity contribution in [2.75, 3.05) is 11.9 Å². The van der Waals surface area contributed by atoms with Crippen molar-refractivity contribution in [3.05, 3.63) is 34.1 Å². The summed E-state index contributed by atoms with van der Waals surface area (Å²) in [6.07, 6.45) is 3.15. The second kappa shape index (κ2) is 7.19. The molecule has 26 heavy (non-hydrogen) atoms. The van der Waals surface area contributed by atoms with Crippen molar-refractivity contribution < 1.29 is 23.7 Å². The zero-order valence-corrected chi connectivity index (χ0v) is 13.9. The number of hydrogen-bond acceptors (Lipinski definition) is 5. The Morgan fingerprint density at radius 3 is 2.42 bits per heavy atom. The molecular formula is C17H18FN3O5. The highest BCUT2D eigenvalue weighted by Crippen LogP contribution is 2.38. The number of anilines is 1. The summed E-state index contributed by atoms with van der Waals surface area (Å²) in [4.78, 5) is 47.7. The average Bonchev–Trinajstić information content (AvgIpc) is 2.86. The SMILES string of the molecule is O=C(CCN1C(=O)C2CCCCC2C1=O)Nc1ccc(F)c([N+](=O)[O-])c1. The number of nitro groups is 1. The van der Waals surface area contributed by atoms with Crippen molar-refractivity contribution in [2.24, 2.45) is 11.8 Å². The van der Waals surface area contributed by atoms with E-state index in [-0.39, 0.29) is 42.3 Å². The molecule has 0 aromatic heterocycles. The fraction of sp³-hybridized carbons (Fsp3) is 0.471. The summed E-state index contributed by atoms with van der Waals surface area (Å²) in [6, 6.07) is 3.03. The third kappa shape index (κ3) is 3.42. The highest BCUT2D eigenvalue weighted by Gasteiger charge is 2.47. The molecule has 1 aliphatic carbocycles. The molecule has 1 N–H and O–H groups in total. The summed E-state index contributed by atoms with van der Waals surface area (Å²) >= 11 is 0. The van der Waals surface area contributed by atoms with Gasteiger partial charge in [0.15, 0.2) is 0 Å². The highest BCUT2D eigenvalue weighted by atomic mass is 19.1. The van der Waals surface area contributed by atoms with Gasteiger partial charge >= 0.3 is 5.69 Å². The van der Waals surface area contributed by atoms with Crippen LogP contribution in [0.5, 0.6) is 0 Å². The quantitative estimate of drug-likeness (QED) is 0.490. The fourth-order valence-corrected chi connectivity index (χ4v) is 3.62. The lowest BCUT2D eigenvalue weighted by Crippen LogP contribution is -2.34. The molecule has 2 fully saturated rings. The fourth-order valence-electron chi connectivity index (χ4n) is 3.62. The highest BCUT2D eigenvalue weighted by molar-refractivity contribution is 6.05. The van der Waals surface area contributed by atoms with Gasteiger partial charge in [-0.3, -0.25) is 29.4 Å². The number of rotatable bonds is 5. The van der Waals surface area contributed by atoms with E-state index in [1.165, 1.54) is 6.07 Å². The Hall–Kier alpha value is -2.84. The van der Waals surface area contributed by atoms with Crippen molar-refractivity contribution in [3.63, 3.8) is 0 Å². The number of halogens is 1. The summed E-state index contributed by atoms with van der Waals surface area (Å²) in [5.41, 5.74) is -0.660. The molecule has 1 aromatic carbocycles. The maximum absolute atomic E-state index is 13.3. The van der Waals surface area contributed by atoms with E-state index in [0.29, 0.717) is 12.8 Å². The molecule has 2 atom stereocenters. The van der Waals surface area contributed by atoms with Gasteiger partial charge in [0, 0.05) is 24.7 Å². The van der Waals surface area contributed by atoms with E-state index in [1.54, 1.807) is 0 Å². The standard InChI is InChI=1S/C17H18FN3O5/c18-13-6-5-10(9-14(13)21(25)26)19-15(22)7-8-20-16(23)11-3-1-2-4-12(11)17(20)24/h5-6,9,11-12H,1-4,7-8H2,(H,19,22). The van der Waals surface area contributed by atoms with Crippen molar-refractivity contribution in [3.8, 4) is 0 Å². The molecule has 3 rings (SSSR count). The number of hydrogen-bond donors (Lipinski definition) is 1. The molecule has 1 aliphatic heterocycles. The van der Waals surface area contributed by atoms with Gasteiger partial charge in [-0.2, -0.15) is 4.39 Å². The summed E-state index contributed by atoms with van der Waals surface area (Å²) in [5.74, 6) is -2.47. The Morgan fingerprint density at radius 2 is 1.85 bits per heavy atom. The van der Waals surface area contributed by atoms with Crippen LogP contribution < -0.4 is 5.32 Å². The van der Waals surface area contributed by atoms with Crippen LogP contribution in [0.15, 0.2) is 18.2 Å². The lowest BCUT2D eigenvalue weighted by molar-refractivity contribution is -0.387. The lowest BCUT2D eigenvalue weighted by Gasteiger charge is -2.19. The van der Waals surface area contributed by atoms with Crippen LogP contribution in [0.2, 0.25) is 0 Å². The van der Waals surface area contributed by atoms with Gasteiger partial charge in [0.25, 0.3) is 0 Å². The molecule has 1 heterocycles. The molecule has 2 aliphatic rings. The van der Waals surface area contributed by atoms with Crippen molar-refractivity contribution in [1.29, 1.82) is 0 Å². The number of carbonyl (C=O) groups excluding carboxylic acids is 3. The molecule has 3 amide bonds. The topological polar surface area (TPSA) is 110 Å². The predicted octanol–water partition coefficient (Wildman–Crippen LogP) is 2.24. The number of nitro benzene ring substituents is 1. The first kappa shape index (κ1) is 18.0. The average molecular weight is 363 g/mol. The summed E-state index contributed by atoms with van der Waals surface area (Å²) in [5, 5.41) is 13.1. The van der Waals surface area contributed by atoms with Crippen LogP contribution in [0.1, 0.15) is 32.1 Å². The van der Waals surface area contributed by atoms with Crippen molar-refractivity contribution >= 4 is 29.1 Å². The van der Waals surface area contributed by atoms with Gasteiger partial charge in [-0.25, -0.2) is 0 Å². The van der Waals surface area contributed by atoms with Crippen LogP contribution in [0.25, 0.3) is 0 Å². The molecule has 138 valence electrons. The van der Waals surface area contributed by atoms with Gasteiger partial charge in [0.05, 0.1) is 16.8 Å². The largest absolute Gasteiger partial charge is 0.326 e. The number of imide groups is 1. The van der Waals surface area contributed by atoms with Crippen LogP contribution >= 0.6 is 0 Å². The summed E-state index contributed by atoms with van der Waals surface area (Å²) < 4.78 is 13.3. The Kier molecular flexibility index (Phi) is 4.97. The van der Waals surface area contributed by atoms with Gasteiger partial charge in [0.1, 0.15) is 0 Å². The molecular weight excluding hydrogens is 345 g/mol. The van der Waals surface area contributed by atoms with E-state index in [9.17, 15) is 28.9 Å². The second-order valence-electron chi connectivity index (χ2n) is 6.55.